The number of benzene rings is 2. The number of aromatic nitrogens is 1. The minimum absolute atomic E-state index is 0.00883. The van der Waals surface area contributed by atoms with Gasteiger partial charge in [-0.05, 0) is 55.5 Å². The van der Waals surface area contributed by atoms with E-state index in [9.17, 15) is 13.2 Å². The zero-order chi connectivity index (χ0) is 20.6. The van der Waals surface area contributed by atoms with Gasteiger partial charge in [0.2, 0.25) is 0 Å². The van der Waals surface area contributed by atoms with Gasteiger partial charge < -0.3 is 14.3 Å². The third kappa shape index (κ3) is 4.10. The summed E-state index contributed by atoms with van der Waals surface area (Å²) >= 11 is 5.94. The fourth-order valence-corrected chi connectivity index (χ4v) is 3.81. The molecule has 148 valence electrons. The number of sulfonamides is 1. The summed E-state index contributed by atoms with van der Waals surface area (Å²) in [7, 11) is -3.84. The first-order valence-electron chi connectivity index (χ1n) is 8.37. The summed E-state index contributed by atoms with van der Waals surface area (Å²) in [4.78, 5) is 12.4. The number of hydrogen-bond donors (Lipinski definition) is 2. The summed E-state index contributed by atoms with van der Waals surface area (Å²) in [6, 6.07) is 13.8. The molecule has 2 N–H and O–H groups in total. The van der Waals surface area contributed by atoms with E-state index in [1.807, 2.05) is 0 Å². The van der Waals surface area contributed by atoms with Gasteiger partial charge in [-0.15, -0.1) is 0 Å². The third-order valence-corrected chi connectivity index (χ3v) is 5.60. The van der Waals surface area contributed by atoms with Crippen molar-refractivity contribution in [2.75, 3.05) is 10.0 Å². The van der Waals surface area contributed by atoms with Crippen LogP contribution in [0.2, 0.25) is 5.02 Å². The molecular weight excluding hydrogens is 418 g/mol. The Labute approximate surface area is 170 Å². The Balaban J connectivity index is 1.49. The monoisotopic (exact) mass is 431 g/mol. The van der Waals surface area contributed by atoms with Gasteiger partial charge in [0, 0.05) is 22.2 Å². The van der Waals surface area contributed by atoms with Gasteiger partial charge in [-0.25, -0.2) is 8.42 Å². The lowest BCUT2D eigenvalue weighted by Crippen LogP contribution is -2.14. The maximum Gasteiger partial charge on any atom is 0.291 e. The van der Waals surface area contributed by atoms with Crippen molar-refractivity contribution in [2.24, 2.45) is 0 Å². The molecule has 0 spiro atoms. The van der Waals surface area contributed by atoms with Crippen LogP contribution in [-0.2, 0) is 10.0 Å². The maximum absolute atomic E-state index is 12.4. The molecule has 2 aromatic heterocycles. The molecule has 1 amide bonds. The van der Waals surface area contributed by atoms with Gasteiger partial charge in [0.05, 0.1) is 4.90 Å². The van der Waals surface area contributed by atoms with Crippen molar-refractivity contribution in [3.8, 4) is 0 Å². The van der Waals surface area contributed by atoms with Crippen LogP contribution in [0, 0.1) is 6.92 Å². The zero-order valence-electron chi connectivity index (χ0n) is 15.0. The highest BCUT2D eigenvalue weighted by molar-refractivity contribution is 7.92. The number of fused-ring (bicyclic) bond motifs is 1. The van der Waals surface area contributed by atoms with E-state index >= 15 is 0 Å². The summed E-state index contributed by atoms with van der Waals surface area (Å²) in [5.41, 5.74) is 0.944. The van der Waals surface area contributed by atoms with E-state index in [0.717, 1.165) is 0 Å². The molecule has 0 aliphatic carbocycles. The number of nitrogens with zero attached hydrogens (tertiary/aromatic N) is 1. The zero-order valence-corrected chi connectivity index (χ0v) is 16.5. The van der Waals surface area contributed by atoms with Crippen LogP contribution < -0.4 is 10.0 Å². The molecule has 0 aliphatic rings. The van der Waals surface area contributed by atoms with Crippen LogP contribution in [0.4, 0.5) is 11.5 Å². The number of nitrogens with one attached hydrogen (secondary N) is 2. The molecule has 4 aromatic rings. The Morgan fingerprint density at radius 2 is 1.83 bits per heavy atom. The molecule has 0 atom stereocenters. The Morgan fingerprint density at radius 3 is 2.52 bits per heavy atom. The Kier molecular flexibility index (Phi) is 4.77. The Hall–Kier alpha value is -3.30. The second kappa shape index (κ2) is 7.26. The van der Waals surface area contributed by atoms with E-state index < -0.39 is 15.9 Å². The summed E-state index contributed by atoms with van der Waals surface area (Å²) in [5.74, 6) is 0.213. The SMILES string of the molecule is Cc1cc(NS(=O)(=O)c2ccc(NC(=O)c3cc4cc(Cl)ccc4o3)cc2)no1. The predicted octanol–water partition coefficient (Wildman–Crippen LogP) is 4.44. The quantitative estimate of drug-likeness (QED) is 0.483. The number of carbonyl (C=O) groups is 1. The number of anilines is 2. The molecule has 0 unspecified atom stereocenters. The molecule has 2 heterocycles. The van der Waals surface area contributed by atoms with Crippen molar-refractivity contribution >= 4 is 50.0 Å². The lowest BCUT2D eigenvalue weighted by Gasteiger charge is -2.07. The van der Waals surface area contributed by atoms with E-state index in [-0.39, 0.29) is 16.5 Å². The molecule has 4 rings (SSSR count). The average molecular weight is 432 g/mol. The standard InChI is InChI=1S/C19H14ClN3O5S/c1-11-8-18(22-28-11)23-29(25,26)15-5-3-14(4-6-15)21-19(24)17-10-12-9-13(20)2-7-16(12)27-17/h2-10H,1H3,(H,21,24)(H,22,23). The van der Waals surface area contributed by atoms with Crippen molar-refractivity contribution in [3.05, 3.63) is 71.1 Å². The molecule has 0 radical (unpaired) electrons. The average Bonchev–Trinajstić information content (AvgIpc) is 3.27. The largest absolute Gasteiger partial charge is 0.451 e. The van der Waals surface area contributed by atoms with Crippen molar-refractivity contribution < 1.29 is 22.2 Å². The predicted molar refractivity (Wildman–Crippen MR) is 108 cm³/mol. The number of furan rings is 1. The number of aryl methyl sites for hydroxylation is 1. The topological polar surface area (TPSA) is 114 Å². The van der Waals surface area contributed by atoms with E-state index in [2.05, 4.69) is 15.2 Å². The number of rotatable bonds is 5. The molecule has 8 nitrogen and oxygen atoms in total. The van der Waals surface area contributed by atoms with Gasteiger partial charge in [0.15, 0.2) is 11.6 Å². The molecule has 2 aromatic carbocycles. The maximum atomic E-state index is 12.4. The number of hydrogen-bond acceptors (Lipinski definition) is 6. The first-order valence-corrected chi connectivity index (χ1v) is 10.2. The first kappa shape index (κ1) is 19.0. The van der Waals surface area contributed by atoms with Crippen LogP contribution in [0.1, 0.15) is 16.3 Å². The smallest absolute Gasteiger partial charge is 0.291 e. The highest BCUT2D eigenvalue weighted by Gasteiger charge is 2.17. The second-order valence-corrected chi connectivity index (χ2v) is 8.32. The molecule has 0 aliphatic heterocycles. The Bertz CT molecular complexity index is 1310. The molecule has 29 heavy (non-hydrogen) atoms. The normalized spacial score (nSPS) is 11.5. The summed E-state index contributed by atoms with van der Waals surface area (Å²) < 4.78 is 37.4. The first-order chi connectivity index (χ1) is 13.8. The lowest BCUT2D eigenvalue weighted by molar-refractivity contribution is 0.0998. The van der Waals surface area contributed by atoms with Gasteiger partial charge in [-0.1, -0.05) is 16.8 Å². The minimum atomic E-state index is -3.84. The highest BCUT2D eigenvalue weighted by atomic mass is 35.5. The Morgan fingerprint density at radius 1 is 1.07 bits per heavy atom. The van der Waals surface area contributed by atoms with Crippen molar-refractivity contribution in [3.63, 3.8) is 0 Å². The molecule has 0 saturated carbocycles. The van der Waals surface area contributed by atoms with Gasteiger partial charge in [0.1, 0.15) is 11.3 Å². The highest BCUT2D eigenvalue weighted by Crippen LogP contribution is 2.24. The molecule has 10 heteroatoms. The summed E-state index contributed by atoms with van der Waals surface area (Å²) in [5, 5.41) is 7.50. The number of amides is 1. The minimum Gasteiger partial charge on any atom is -0.451 e. The van der Waals surface area contributed by atoms with Crippen LogP contribution >= 0.6 is 11.6 Å². The summed E-state index contributed by atoms with van der Waals surface area (Å²) in [6.07, 6.45) is 0. The molecular formula is C19H14ClN3O5S. The van der Waals surface area contributed by atoms with Crippen molar-refractivity contribution in [1.29, 1.82) is 0 Å². The molecule has 0 saturated heterocycles. The van der Waals surface area contributed by atoms with Crippen LogP contribution in [0.3, 0.4) is 0 Å². The van der Waals surface area contributed by atoms with E-state index in [4.69, 9.17) is 20.5 Å². The van der Waals surface area contributed by atoms with E-state index in [0.29, 0.717) is 27.4 Å². The molecule has 0 fully saturated rings. The van der Waals surface area contributed by atoms with Crippen molar-refractivity contribution in [2.45, 2.75) is 11.8 Å². The molecule has 0 bridgehead atoms. The van der Waals surface area contributed by atoms with Crippen molar-refractivity contribution in [1.82, 2.24) is 5.16 Å². The second-order valence-electron chi connectivity index (χ2n) is 6.20. The van der Waals surface area contributed by atoms with E-state index in [1.54, 1.807) is 31.2 Å². The lowest BCUT2D eigenvalue weighted by atomic mass is 10.2. The van der Waals surface area contributed by atoms with Gasteiger partial charge in [-0.3, -0.25) is 9.52 Å². The summed E-state index contributed by atoms with van der Waals surface area (Å²) in [6.45, 7) is 1.65. The fourth-order valence-electron chi connectivity index (χ4n) is 2.65. The van der Waals surface area contributed by atoms with Crippen LogP contribution in [-0.4, -0.2) is 19.5 Å². The van der Waals surface area contributed by atoms with Crippen LogP contribution in [0.25, 0.3) is 11.0 Å². The van der Waals surface area contributed by atoms with Gasteiger partial charge in [0.25, 0.3) is 15.9 Å². The van der Waals surface area contributed by atoms with Crippen LogP contribution in [0.5, 0.6) is 0 Å². The number of carbonyl (C=O) groups excluding carboxylic acids is 1. The number of halogens is 1. The third-order valence-electron chi connectivity index (χ3n) is 3.99. The fraction of sp³-hybridized carbons (Fsp3) is 0.0526. The van der Waals surface area contributed by atoms with Crippen LogP contribution in [0.15, 0.2) is 68.4 Å². The van der Waals surface area contributed by atoms with E-state index in [1.165, 1.54) is 30.3 Å². The van der Waals surface area contributed by atoms with Gasteiger partial charge in [-0.2, -0.15) is 0 Å². The van der Waals surface area contributed by atoms with Gasteiger partial charge >= 0.3 is 0 Å².